The van der Waals surface area contributed by atoms with Crippen molar-refractivity contribution in [2.75, 3.05) is 40.9 Å². The van der Waals surface area contributed by atoms with Gasteiger partial charge in [-0.25, -0.2) is 0 Å². The number of phosphoric acid groups is 1. The molecular weight excluding hydrogens is 719 g/mol. The third-order valence-electron chi connectivity index (χ3n) is 9.70. The molecule has 3 atom stereocenters. The van der Waals surface area contributed by atoms with E-state index in [1.165, 1.54) is 96.3 Å². The van der Waals surface area contributed by atoms with Crippen LogP contribution in [0.4, 0.5) is 0 Å². The Labute approximate surface area is 345 Å². The number of rotatable bonds is 40. The van der Waals surface area contributed by atoms with Crippen LogP contribution >= 0.6 is 7.82 Å². The Bertz CT molecular complexity index is 1100. The Morgan fingerprint density at radius 2 is 1.05 bits per heavy atom. The summed E-state index contributed by atoms with van der Waals surface area (Å²) in [6, 6.07) is -0.911. The van der Waals surface area contributed by atoms with E-state index in [0.29, 0.717) is 17.4 Å². The number of nitrogens with zero attached hydrogens (tertiary/aromatic N) is 1. The second-order valence-corrected chi connectivity index (χ2v) is 17.8. The van der Waals surface area contributed by atoms with Gasteiger partial charge in [-0.1, -0.05) is 164 Å². The van der Waals surface area contributed by atoms with Crippen LogP contribution in [0.2, 0.25) is 0 Å². The fourth-order valence-corrected chi connectivity index (χ4v) is 6.78. The Hall–Kier alpha value is -1.80. The number of quaternary nitrogens is 1. The predicted molar refractivity (Wildman–Crippen MR) is 237 cm³/mol. The molecule has 0 bridgehead atoms. The monoisotopic (exact) mass is 807 g/mol. The normalized spacial score (nSPS) is 14.9. The standard InChI is InChI=1S/C47H87N2O6P/c1-6-8-10-12-14-16-18-20-22-23-24-25-27-29-31-33-35-37-39-41-47(51)48-45(44-55-56(52,53)54-43-42-49(3,4)5)46(50)40-38-36-34-32-30-28-26-21-19-17-15-13-11-9-7-2/h14,16,20,22,24-25,30,32,38,40,45-46,50H,6-13,15,17-19,21,23,26-29,31,33-37,39,41-44H2,1-5H3,(H-,48,51,52,53)/b16-14-,22-20-,25-24-,32-30+,40-38+. The van der Waals surface area contributed by atoms with Crippen molar-refractivity contribution in [3.05, 3.63) is 60.8 Å². The van der Waals surface area contributed by atoms with Crippen LogP contribution in [-0.2, 0) is 18.4 Å². The lowest BCUT2D eigenvalue weighted by molar-refractivity contribution is -0.870. The van der Waals surface area contributed by atoms with Gasteiger partial charge >= 0.3 is 0 Å². The quantitative estimate of drug-likeness (QED) is 0.0276. The first-order valence-electron chi connectivity index (χ1n) is 22.7. The minimum atomic E-state index is -4.60. The largest absolute Gasteiger partial charge is 0.756 e. The molecule has 0 saturated heterocycles. The first-order chi connectivity index (χ1) is 27.0. The molecule has 0 aliphatic carbocycles. The van der Waals surface area contributed by atoms with Crippen LogP contribution in [0.15, 0.2) is 60.8 Å². The molecular formula is C47H87N2O6P. The number of aliphatic hydroxyl groups is 1. The average molecular weight is 807 g/mol. The maximum Gasteiger partial charge on any atom is 0.268 e. The molecule has 0 spiro atoms. The molecule has 1 amide bonds. The molecule has 8 nitrogen and oxygen atoms in total. The molecule has 0 saturated carbocycles. The van der Waals surface area contributed by atoms with Crippen LogP contribution in [0.25, 0.3) is 0 Å². The van der Waals surface area contributed by atoms with Crippen molar-refractivity contribution in [3.63, 3.8) is 0 Å². The van der Waals surface area contributed by atoms with Gasteiger partial charge in [0.15, 0.2) is 0 Å². The van der Waals surface area contributed by atoms with Gasteiger partial charge < -0.3 is 28.8 Å². The smallest absolute Gasteiger partial charge is 0.268 e. The van der Waals surface area contributed by atoms with Crippen molar-refractivity contribution < 1.29 is 32.9 Å². The Morgan fingerprint density at radius 3 is 1.61 bits per heavy atom. The van der Waals surface area contributed by atoms with Gasteiger partial charge in [0.1, 0.15) is 13.2 Å². The van der Waals surface area contributed by atoms with Crippen molar-refractivity contribution in [1.82, 2.24) is 5.32 Å². The van der Waals surface area contributed by atoms with E-state index in [2.05, 4.69) is 67.8 Å². The molecule has 0 rings (SSSR count). The van der Waals surface area contributed by atoms with Gasteiger partial charge in [0.25, 0.3) is 7.82 Å². The predicted octanol–water partition coefficient (Wildman–Crippen LogP) is 12.0. The average Bonchev–Trinajstić information content (AvgIpc) is 3.15. The van der Waals surface area contributed by atoms with Crippen molar-refractivity contribution in [2.45, 2.75) is 193 Å². The molecule has 0 heterocycles. The van der Waals surface area contributed by atoms with Crippen molar-refractivity contribution in [3.8, 4) is 0 Å². The lowest BCUT2D eigenvalue weighted by Gasteiger charge is -2.29. The van der Waals surface area contributed by atoms with E-state index in [9.17, 15) is 19.4 Å². The van der Waals surface area contributed by atoms with Crippen molar-refractivity contribution in [2.24, 2.45) is 0 Å². The number of carbonyl (C=O) groups excluding carboxylic acids is 1. The second kappa shape index (κ2) is 38.7. The highest BCUT2D eigenvalue weighted by molar-refractivity contribution is 7.45. The second-order valence-electron chi connectivity index (χ2n) is 16.4. The number of carbonyl (C=O) groups is 1. The Balaban J connectivity index is 4.49. The zero-order valence-electron chi connectivity index (χ0n) is 36.8. The number of phosphoric ester groups is 1. The van der Waals surface area contributed by atoms with E-state index in [4.69, 9.17) is 9.05 Å². The molecule has 2 N–H and O–H groups in total. The van der Waals surface area contributed by atoms with Gasteiger partial charge in [-0.2, -0.15) is 0 Å². The van der Waals surface area contributed by atoms with Crippen LogP contribution < -0.4 is 10.2 Å². The lowest BCUT2D eigenvalue weighted by atomic mass is 10.1. The van der Waals surface area contributed by atoms with Gasteiger partial charge in [0, 0.05) is 6.42 Å². The molecule has 0 aliphatic heterocycles. The summed E-state index contributed by atoms with van der Waals surface area (Å²) in [5.41, 5.74) is 0. The summed E-state index contributed by atoms with van der Waals surface area (Å²) in [6.07, 6.45) is 49.8. The zero-order chi connectivity index (χ0) is 41.4. The number of hydrogen-bond acceptors (Lipinski definition) is 6. The summed E-state index contributed by atoms with van der Waals surface area (Å²) in [7, 11) is 1.22. The number of allylic oxidation sites excluding steroid dienone is 9. The summed E-state index contributed by atoms with van der Waals surface area (Å²) in [5, 5.41) is 13.7. The maximum absolute atomic E-state index is 12.9. The van der Waals surface area contributed by atoms with Gasteiger partial charge in [0.2, 0.25) is 5.91 Å². The fraction of sp³-hybridized carbons (Fsp3) is 0.766. The van der Waals surface area contributed by atoms with Crippen LogP contribution in [-0.4, -0.2) is 68.5 Å². The summed E-state index contributed by atoms with van der Waals surface area (Å²) in [5.74, 6) is -0.223. The Kier molecular flexibility index (Phi) is 37.5. The summed E-state index contributed by atoms with van der Waals surface area (Å²) in [6.45, 7) is 4.57. The molecule has 0 aromatic heterocycles. The van der Waals surface area contributed by atoms with Crippen molar-refractivity contribution >= 4 is 13.7 Å². The first kappa shape index (κ1) is 54.2. The lowest BCUT2D eigenvalue weighted by Crippen LogP contribution is -2.45. The number of unbranched alkanes of at least 4 members (excludes halogenated alkanes) is 19. The van der Waals surface area contributed by atoms with Crippen LogP contribution in [0.1, 0.15) is 181 Å². The van der Waals surface area contributed by atoms with Crippen LogP contribution in [0.3, 0.4) is 0 Å². The van der Waals surface area contributed by atoms with Crippen molar-refractivity contribution in [1.29, 1.82) is 0 Å². The molecule has 3 unspecified atom stereocenters. The van der Waals surface area contributed by atoms with E-state index in [-0.39, 0.29) is 12.5 Å². The van der Waals surface area contributed by atoms with Gasteiger partial charge in [0.05, 0.1) is 39.9 Å². The first-order valence-corrected chi connectivity index (χ1v) is 24.1. The SMILES string of the molecule is CCCCC/C=C\C/C=C\C/C=C\CCCCCCCCC(=O)NC(COP(=O)([O-])OCC[N+](C)(C)C)C(O)/C=C/CC/C=C/CCCCCCCCCCC. The maximum atomic E-state index is 12.9. The zero-order valence-corrected chi connectivity index (χ0v) is 37.7. The van der Waals surface area contributed by atoms with E-state index >= 15 is 0 Å². The molecule has 0 aromatic rings. The van der Waals surface area contributed by atoms with Gasteiger partial charge in [-0.3, -0.25) is 9.36 Å². The topological polar surface area (TPSA) is 108 Å². The summed E-state index contributed by atoms with van der Waals surface area (Å²) in [4.78, 5) is 25.3. The minimum absolute atomic E-state index is 0.0116. The van der Waals surface area contributed by atoms with E-state index in [1.54, 1.807) is 6.08 Å². The number of hydrogen-bond donors (Lipinski definition) is 2. The third kappa shape index (κ3) is 40.4. The fourth-order valence-electron chi connectivity index (χ4n) is 6.06. The highest BCUT2D eigenvalue weighted by Crippen LogP contribution is 2.38. The van der Waals surface area contributed by atoms with E-state index < -0.39 is 26.6 Å². The molecule has 56 heavy (non-hydrogen) atoms. The van der Waals surface area contributed by atoms with E-state index in [1.807, 2.05) is 27.2 Å². The summed E-state index contributed by atoms with van der Waals surface area (Å²) < 4.78 is 23.2. The van der Waals surface area contributed by atoms with E-state index in [0.717, 1.165) is 64.2 Å². The molecule has 326 valence electrons. The van der Waals surface area contributed by atoms with Crippen LogP contribution in [0, 0.1) is 0 Å². The minimum Gasteiger partial charge on any atom is -0.756 e. The molecule has 0 aliphatic rings. The number of amides is 1. The summed E-state index contributed by atoms with van der Waals surface area (Å²) >= 11 is 0. The molecule has 0 fully saturated rings. The molecule has 0 aromatic carbocycles. The molecule has 9 heteroatoms. The number of nitrogens with one attached hydrogen (secondary N) is 1. The van der Waals surface area contributed by atoms with Gasteiger partial charge in [-0.05, 0) is 70.6 Å². The highest BCUT2D eigenvalue weighted by Gasteiger charge is 2.23. The molecule has 0 radical (unpaired) electrons. The number of likely N-dealkylation sites (N-methyl/N-ethyl adjacent to an activating group) is 1. The number of aliphatic hydroxyl groups excluding tert-OH is 1. The van der Waals surface area contributed by atoms with Gasteiger partial charge in [-0.15, -0.1) is 0 Å². The van der Waals surface area contributed by atoms with Crippen LogP contribution in [0.5, 0.6) is 0 Å². The highest BCUT2D eigenvalue weighted by atomic mass is 31.2. The Morgan fingerprint density at radius 1 is 0.625 bits per heavy atom. The third-order valence-corrected chi connectivity index (χ3v) is 10.7.